The summed E-state index contributed by atoms with van der Waals surface area (Å²) in [6.45, 7) is 3.14. The third-order valence-corrected chi connectivity index (χ3v) is 4.68. The fourth-order valence-corrected chi connectivity index (χ4v) is 3.11. The maximum atomic E-state index is 11.8. The van der Waals surface area contributed by atoms with Gasteiger partial charge in [0, 0.05) is 6.07 Å². The van der Waals surface area contributed by atoms with Crippen molar-refractivity contribution < 1.29 is 14.5 Å². The molecule has 2 rings (SSSR count). The van der Waals surface area contributed by atoms with Crippen molar-refractivity contribution in [1.29, 1.82) is 0 Å². The van der Waals surface area contributed by atoms with Crippen LogP contribution in [-0.4, -0.2) is 23.1 Å². The fraction of sp³-hybridized carbons (Fsp3) is 0.200. The molecular weight excluding hydrogens is 398 g/mol. The van der Waals surface area contributed by atoms with Gasteiger partial charge in [0.05, 0.1) is 19.3 Å². The molecule has 0 unspecified atom stereocenters. The highest BCUT2D eigenvalue weighted by Crippen LogP contribution is 2.27. The minimum atomic E-state index is -0.544. The van der Waals surface area contributed by atoms with Gasteiger partial charge in [-0.05, 0) is 53.5 Å². The Morgan fingerprint density at radius 3 is 2.79 bits per heavy atom. The molecule has 24 heavy (non-hydrogen) atoms. The van der Waals surface area contributed by atoms with Gasteiger partial charge in [-0.1, -0.05) is 6.07 Å². The topological polar surface area (TPSA) is 93.8 Å². The van der Waals surface area contributed by atoms with Gasteiger partial charge in [-0.15, -0.1) is 11.3 Å². The van der Waals surface area contributed by atoms with Crippen molar-refractivity contribution in [3.05, 3.63) is 54.7 Å². The third-order valence-electron chi connectivity index (χ3n) is 2.95. The quantitative estimate of drug-likeness (QED) is 0.445. The second-order valence-corrected chi connectivity index (χ2v) is 7.32. The molecule has 0 saturated heterocycles. The fourth-order valence-electron chi connectivity index (χ4n) is 1.78. The van der Waals surface area contributed by atoms with E-state index in [2.05, 4.69) is 26.5 Å². The highest BCUT2D eigenvalue weighted by Gasteiger charge is 2.16. The van der Waals surface area contributed by atoms with Crippen LogP contribution in [0.15, 0.2) is 39.2 Å². The zero-order chi connectivity index (χ0) is 17.7. The number of nitro groups is 1. The standard InChI is InChI=1S/C15H14BrN3O4S/c1-9-3-4-12(11(7-9)19(21)22)23-8-15(20)18-17-10(2)13-5-6-14(16)24-13/h3-7H,8H2,1-2H3,(H,18,20)/b17-10+. The molecule has 1 N–H and O–H groups in total. The lowest BCUT2D eigenvalue weighted by molar-refractivity contribution is -0.385. The first-order valence-electron chi connectivity index (χ1n) is 6.83. The van der Waals surface area contributed by atoms with E-state index in [1.165, 1.54) is 23.5 Å². The summed E-state index contributed by atoms with van der Waals surface area (Å²) in [4.78, 5) is 23.1. The molecule has 1 aromatic heterocycles. The van der Waals surface area contributed by atoms with Crippen molar-refractivity contribution in [2.24, 2.45) is 5.10 Å². The summed E-state index contributed by atoms with van der Waals surface area (Å²) >= 11 is 4.85. The molecule has 7 nitrogen and oxygen atoms in total. The highest BCUT2D eigenvalue weighted by atomic mass is 79.9. The van der Waals surface area contributed by atoms with Crippen molar-refractivity contribution >= 4 is 44.6 Å². The number of hydrazone groups is 1. The molecule has 0 radical (unpaired) electrons. The van der Waals surface area contributed by atoms with Crippen LogP contribution in [0.5, 0.6) is 5.75 Å². The Morgan fingerprint density at radius 1 is 1.42 bits per heavy atom. The van der Waals surface area contributed by atoms with Gasteiger partial charge in [-0.25, -0.2) is 5.43 Å². The van der Waals surface area contributed by atoms with E-state index in [0.29, 0.717) is 5.71 Å². The molecule has 0 spiro atoms. The summed E-state index contributed by atoms with van der Waals surface area (Å²) in [6.07, 6.45) is 0. The summed E-state index contributed by atoms with van der Waals surface area (Å²) in [7, 11) is 0. The van der Waals surface area contributed by atoms with Crippen LogP contribution >= 0.6 is 27.3 Å². The second kappa shape index (κ2) is 8.02. The maximum Gasteiger partial charge on any atom is 0.311 e. The Labute approximate surface area is 150 Å². The van der Waals surface area contributed by atoms with Gasteiger partial charge in [0.2, 0.25) is 0 Å². The van der Waals surface area contributed by atoms with Gasteiger partial charge in [0.1, 0.15) is 0 Å². The number of nitrogens with zero attached hydrogens (tertiary/aromatic N) is 2. The van der Waals surface area contributed by atoms with Crippen molar-refractivity contribution in [1.82, 2.24) is 5.43 Å². The summed E-state index contributed by atoms with van der Waals surface area (Å²) in [5.41, 5.74) is 3.58. The largest absolute Gasteiger partial charge is 0.477 e. The number of carbonyl (C=O) groups excluding carboxylic acids is 1. The van der Waals surface area contributed by atoms with Crippen LogP contribution in [0.1, 0.15) is 17.4 Å². The SMILES string of the molecule is C/C(=N\NC(=O)COc1ccc(C)cc1[N+](=O)[O-])c1ccc(Br)s1. The molecule has 126 valence electrons. The Morgan fingerprint density at radius 2 is 2.17 bits per heavy atom. The summed E-state index contributed by atoms with van der Waals surface area (Å²) in [5.74, 6) is -0.455. The molecule has 1 heterocycles. The van der Waals surface area contributed by atoms with E-state index in [1.807, 2.05) is 12.1 Å². The van der Waals surface area contributed by atoms with E-state index in [1.54, 1.807) is 19.9 Å². The Kier molecular flexibility index (Phi) is 6.04. The maximum absolute atomic E-state index is 11.8. The average molecular weight is 412 g/mol. The lowest BCUT2D eigenvalue weighted by atomic mass is 10.2. The van der Waals surface area contributed by atoms with E-state index >= 15 is 0 Å². The van der Waals surface area contributed by atoms with Gasteiger partial charge < -0.3 is 4.74 Å². The van der Waals surface area contributed by atoms with Gasteiger partial charge in [0.25, 0.3) is 5.91 Å². The number of thiophene rings is 1. The van der Waals surface area contributed by atoms with Crippen LogP contribution in [-0.2, 0) is 4.79 Å². The van der Waals surface area contributed by atoms with E-state index < -0.39 is 10.8 Å². The number of rotatable bonds is 6. The molecule has 0 aliphatic carbocycles. The monoisotopic (exact) mass is 411 g/mol. The molecule has 2 aromatic rings. The number of nitrogens with one attached hydrogen (secondary N) is 1. The smallest absolute Gasteiger partial charge is 0.311 e. The van der Waals surface area contributed by atoms with Gasteiger partial charge >= 0.3 is 5.69 Å². The Hall–Kier alpha value is -2.26. The van der Waals surface area contributed by atoms with Crippen LogP contribution < -0.4 is 10.2 Å². The highest BCUT2D eigenvalue weighted by molar-refractivity contribution is 9.11. The number of aryl methyl sites for hydroxylation is 1. The molecule has 0 fully saturated rings. The first kappa shape index (κ1) is 18.1. The minimum absolute atomic E-state index is 0.0450. The minimum Gasteiger partial charge on any atom is -0.477 e. The molecule has 0 aliphatic heterocycles. The normalized spacial score (nSPS) is 11.2. The van der Waals surface area contributed by atoms with Crippen LogP contribution in [0.25, 0.3) is 0 Å². The van der Waals surface area contributed by atoms with Gasteiger partial charge in [-0.3, -0.25) is 14.9 Å². The second-order valence-electron chi connectivity index (χ2n) is 4.85. The molecule has 0 aliphatic rings. The van der Waals surface area contributed by atoms with Gasteiger partial charge in [0.15, 0.2) is 12.4 Å². The Balaban J connectivity index is 1.95. The van der Waals surface area contributed by atoms with E-state index in [4.69, 9.17) is 4.74 Å². The molecular formula is C15H14BrN3O4S. The third kappa shape index (κ3) is 4.87. The lowest BCUT2D eigenvalue weighted by Crippen LogP contribution is -2.25. The van der Waals surface area contributed by atoms with E-state index in [0.717, 1.165) is 14.2 Å². The number of amides is 1. The predicted octanol–water partition coefficient (Wildman–Crippen LogP) is 3.65. The zero-order valence-corrected chi connectivity index (χ0v) is 15.3. The van der Waals surface area contributed by atoms with Crippen LogP contribution in [0.4, 0.5) is 5.69 Å². The molecule has 9 heteroatoms. The number of hydrogen-bond donors (Lipinski definition) is 1. The predicted molar refractivity (Wildman–Crippen MR) is 95.7 cm³/mol. The zero-order valence-electron chi connectivity index (χ0n) is 12.9. The molecule has 1 amide bonds. The average Bonchev–Trinajstić information content (AvgIpc) is 2.97. The number of ether oxygens (including phenoxy) is 1. The molecule has 0 bridgehead atoms. The number of nitro benzene ring substituents is 1. The van der Waals surface area contributed by atoms with Gasteiger partial charge in [-0.2, -0.15) is 5.10 Å². The lowest BCUT2D eigenvalue weighted by Gasteiger charge is -2.06. The number of carbonyl (C=O) groups is 1. The van der Waals surface area contributed by atoms with Crippen LogP contribution in [0.3, 0.4) is 0 Å². The molecule has 1 aromatic carbocycles. The van der Waals surface area contributed by atoms with E-state index in [9.17, 15) is 14.9 Å². The Bertz CT molecular complexity index is 804. The molecule has 0 atom stereocenters. The van der Waals surface area contributed by atoms with Crippen molar-refractivity contribution in [2.45, 2.75) is 13.8 Å². The van der Waals surface area contributed by atoms with Crippen LogP contribution in [0, 0.1) is 17.0 Å². The number of hydrogen-bond acceptors (Lipinski definition) is 6. The van der Waals surface area contributed by atoms with Crippen molar-refractivity contribution in [2.75, 3.05) is 6.61 Å². The number of halogens is 1. The van der Waals surface area contributed by atoms with Crippen molar-refractivity contribution in [3.8, 4) is 5.75 Å². The van der Waals surface area contributed by atoms with E-state index in [-0.39, 0.29) is 18.0 Å². The first-order valence-corrected chi connectivity index (χ1v) is 8.44. The number of benzene rings is 1. The summed E-state index contributed by atoms with van der Waals surface area (Å²) in [5, 5.41) is 15.0. The first-order chi connectivity index (χ1) is 11.4. The molecule has 0 saturated carbocycles. The van der Waals surface area contributed by atoms with Crippen molar-refractivity contribution in [3.63, 3.8) is 0 Å². The van der Waals surface area contributed by atoms with Crippen LogP contribution in [0.2, 0.25) is 0 Å². The summed E-state index contributed by atoms with van der Waals surface area (Å²) in [6, 6.07) is 8.31. The summed E-state index contributed by atoms with van der Waals surface area (Å²) < 4.78 is 6.20.